The van der Waals surface area contributed by atoms with Gasteiger partial charge in [-0.15, -0.1) is 0 Å². The van der Waals surface area contributed by atoms with E-state index in [1.807, 2.05) is 0 Å². The lowest BCUT2D eigenvalue weighted by atomic mass is 9.93. The van der Waals surface area contributed by atoms with Crippen molar-refractivity contribution in [3.8, 4) is 0 Å². The molecule has 0 amide bonds. The predicted octanol–water partition coefficient (Wildman–Crippen LogP) is 1.98. The fourth-order valence-corrected chi connectivity index (χ4v) is 3.95. The maximum atomic E-state index is 12.5. The van der Waals surface area contributed by atoms with Crippen LogP contribution in [0, 0.1) is 0 Å². The number of benzene rings is 1. The molecule has 1 aliphatic rings. The maximum Gasteiger partial charge on any atom is 0.243 e. The Morgan fingerprint density at radius 1 is 1.28 bits per heavy atom. The normalized spacial score (nSPS) is 16.8. The summed E-state index contributed by atoms with van der Waals surface area (Å²) in [5.74, 6) is 0. The Bertz CT molecular complexity index is 497. The largest absolute Gasteiger partial charge is 0.395 e. The number of sulfonamides is 1. The number of aliphatic hydroxyl groups is 1. The van der Waals surface area contributed by atoms with Crippen molar-refractivity contribution in [3.05, 3.63) is 28.7 Å². The van der Waals surface area contributed by atoms with E-state index < -0.39 is 10.0 Å². The fraction of sp³-hybridized carbons (Fsp3) is 0.500. The maximum absolute atomic E-state index is 12.5. The van der Waals surface area contributed by atoms with Gasteiger partial charge in [0.05, 0.1) is 11.5 Å². The first kappa shape index (κ1) is 14.0. The lowest BCUT2D eigenvalue weighted by molar-refractivity contribution is 0.178. The number of halogens is 1. The first-order valence-corrected chi connectivity index (χ1v) is 8.17. The molecule has 1 aromatic rings. The van der Waals surface area contributed by atoms with Gasteiger partial charge in [-0.05, 0) is 37.1 Å². The highest BCUT2D eigenvalue weighted by Gasteiger charge is 2.34. The van der Waals surface area contributed by atoms with Crippen LogP contribution in [-0.4, -0.2) is 37.0 Å². The Morgan fingerprint density at radius 2 is 1.89 bits per heavy atom. The average molecular weight is 334 g/mol. The van der Waals surface area contributed by atoms with Gasteiger partial charge in [-0.2, -0.15) is 4.31 Å². The molecule has 100 valence electrons. The Labute approximate surface area is 116 Å². The minimum Gasteiger partial charge on any atom is -0.395 e. The van der Waals surface area contributed by atoms with E-state index in [4.69, 9.17) is 5.11 Å². The zero-order valence-corrected chi connectivity index (χ0v) is 12.3. The number of hydrogen-bond acceptors (Lipinski definition) is 3. The van der Waals surface area contributed by atoms with Gasteiger partial charge < -0.3 is 5.11 Å². The lowest BCUT2D eigenvalue weighted by Gasteiger charge is -2.36. The first-order chi connectivity index (χ1) is 8.55. The summed E-state index contributed by atoms with van der Waals surface area (Å²) in [6, 6.07) is 6.64. The van der Waals surface area contributed by atoms with Crippen LogP contribution in [0.4, 0.5) is 0 Å². The molecule has 0 atom stereocenters. The van der Waals surface area contributed by atoms with Crippen LogP contribution in [0.15, 0.2) is 33.6 Å². The summed E-state index contributed by atoms with van der Waals surface area (Å²) < 4.78 is 27.2. The van der Waals surface area contributed by atoms with Crippen molar-refractivity contribution >= 4 is 26.0 Å². The predicted molar refractivity (Wildman–Crippen MR) is 72.8 cm³/mol. The zero-order chi connectivity index (χ0) is 13.2. The number of aliphatic hydroxyl groups excluding tert-OH is 1. The van der Waals surface area contributed by atoms with Crippen molar-refractivity contribution in [1.29, 1.82) is 0 Å². The molecule has 1 N–H and O–H groups in total. The summed E-state index contributed by atoms with van der Waals surface area (Å²) >= 11 is 3.29. The van der Waals surface area contributed by atoms with E-state index in [0.717, 1.165) is 23.7 Å². The third kappa shape index (κ3) is 2.77. The quantitative estimate of drug-likeness (QED) is 0.896. The second-order valence-electron chi connectivity index (χ2n) is 4.38. The Balaban J connectivity index is 2.29. The Morgan fingerprint density at radius 3 is 2.33 bits per heavy atom. The van der Waals surface area contributed by atoms with E-state index in [2.05, 4.69) is 15.9 Å². The number of nitrogens with zero attached hydrogens (tertiary/aromatic N) is 1. The minimum atomic E-state index is -3.49. The van der Waals surface area contributed by atoms with Crippen molar-refractivity contribution in [2.45, 2.75) is 30.2 Å². The van der Waals surface area contributed by atoms with Gasteiger partial charge in [0.2, 0.25) is 10.0 Å². The third-order valence-electron chi connectivity index (χ3n) is 3.22. The highest BCUT2D eigenvalue weighted by Crippen LogP contribution is 2.30. The molecule has 1 aliphatic carbocycles. The fourth-order valence-electron chi connectivity index (χ4n) is 2.01. The molecular weight excluding hydrogens is 318 g/mol. The molecule has 1 aromatic carbocycles. The zero-order valence-electron chi connectivity index (χ0n) is 9.92. The second kappa shape index (κ2) is 5.69. The van der Waals surface area contributed by atoms with E-state index in [0.29, 0.717) is 0 Å². The number of rotatable bonds is 5. The molecule has 0 unspecified atom stereocenters. The topological polar surface area (TPSA) is 57.6 Å². The second-order valence-corrected chi connectivity index (χ2v) is 7.18. The summed E-state index contributed by atoms with van der Waals surface area (Å²) in [6.07, 6.45) is 2.83. The van der Waals surface area contributed by atoms with Gasteiger partial charge in [0.1, 0.15) is 0 Å². The number of hydrogen-bond donors (Lipinski definition) is 1. The van der Waals surface area contributed by atoms with Gasteiger partial charge in [0.25, 0.3) is 0 Å². The molecule has 0 spiro atoms. The summed E-state index contributed by atoms with van der Waals surface area (Å²) in [4.78, 5) is 0.283. The van der Waals surface area contributed by atoms with Crippen molar-refractivity contribution in [3.63, 3.8) is 0 Å². The van der Waals surface area contributed by atoms with Gasteiger partial charge >= 0.3 is 0 Å². The van der Waals surface area contributed by atoms with Crippen molar-refractivity contribution in [1.82, 2.24) is 4.31 Å². The van der Waals surface area contributed by atoms with E-state index >= 15 is 0 Å². The molecular formula is C12H16BrNO3S. The van der Waals surface area contributed by atoms with Crippen molar-refractivity contribution in [2.75, 3.05) is 13.2 Å². The summed E-state index contributed by atoms with van der Waals surface area (Å²) in [5.41, 5.74) is 0. The van der Waals surface area contributed by atoms with Crippen LogP contribution >= 0.6 is 15.9 Å². The monoisotopic (exact) mass is 333 g/mol. The molecule has 0 bridgehead atoms. The molecule has 6 heteroatoms. The van der Waals surface area contributed by atoms with Gasteiger partial charge in [0, 0.05) is 17.1 Å². The van der Waals surface area contributed by atoms with E-state index in [1.54, 1.807) is 24.3 Å². The molecule has 2 rings (SSSR count). The summed E-state index contributed by atoms with van der Waals surface area (Å²) in [7, 11) is -3.49. The van der Waals surface area contributed by atoms with E-state index in [-0.39, 0.29) is 24.1 Å². The van der Waals surface area contributed by atoms with Crippen LogP contribution in [0.5, 0.6) is 0 Å². The highest BCUT2D eigenvalue weighted by atomic mass is 79.9. The van der Waals surface area contributed by atoms with Gasteiger partial charge in [-0.1, -0.05) is 22.4 Å². The minimum absolute atomic E-state index is 0.0470. The standard InChI is InChI=1S/C12H16BrNO3S/c13-10-4-6-12(7-5-10)18(16,17)14(8-9-15)11-2-1-3-11/h4-7,11,15H,1-3,8-9H2. The molecule has 0 saturated heterocycles. The van der Waals surface area contributed by atoms with Gasteiger partial charge in [0.15, 0.2) is 0 Å². The molecule has 0 aliphatic heterocycles. The van der Waals surface area contributed by atoms with Crippen LogP contribution in [-0.2, 0) is 10.0 Å². The Kier molecular flexibility index (Phi) is 4.42. The van der Waals surface area contributed by atoms with Gasteiger partial charge in [-0.25, -0.2) is 8.42 Å². The van der Waals surface area contributed by atoms with Gasteiger partial charge in [-0.3, -0.25) is 0 Å². The van der Waals surface area contributed by atoms with Crippen LogP contribution < -0.4 is 0 Å². The molecule has 0 heterocycles. The first-order valence-electron chi connectivity index (χ1n) is 5.94. The van der Waals surface area contributed by atoms with E-state index in [1.165, 1.54) is 4.31 Å². The van der Waals surface area contributed by atoms with Crippen molar-refractivity contribution < 1.29 is 13.5 Å². The molecule has 18 heavy (non-hydrogen) atoms. The highest BCUT2D eigenvalue weighted by molar-refractivity contribution is 9.10. The molecule has 1 fully saturated rings. The van der Waals surface area contributed by atoms with Crippen LogP contribution in [0.1, 0.15) is 19.3 Å². The van der Waals surface area contributed by atoms with E-state index in [9.17, 15) is 8.42 Å². The SMILES string of the molecule is O=S(=O)(c1ccc(Br)cc1)N(CCO)C1CCC1. The van der Waals surface area contributed by atoms with Crippen LogP contribution in [0.3, 0.4) is 0 Å². The van der Waals surface area contributed by atoms with Crippen LogP contribution in [0.2, 0.25) is 0 Å². The smallest absolute Gasteiger partial charge is 0.243 e. The summed E-state index contributed by atoms with van der Waals surface area (Å²) in [5, 5.41) is 9.05. The molecule has 0 radical (unpaired) electrons. The van der Waals surface area contributed by atoms with Crippen LogP contribution in [0.25, 0.3) is 0 Å². The molecule has 4 nitrogen and oxygen atoms in total. The lowest BCUT2D eigenvalue weighted by Crippen LogP contribution is -2.45. The molecule has 1 saturated carbocycles. The third-order valence-corrected chi connectivity index (χ3v) is 5.72. The molecule has 0 aromatic heterocycles. The average Bonchev–Trinajstić information content (AvgIpc) is 2.26. The summed E-state index contributed by atoms with van der Waals surface area (Å²) in [6.45, 7) is 0.0231. The van der Waals surface area contributed by atoms with Crippen molar-refractivity contribution in [2.24, 2.45) is 0 Å². The Hall–Kier alpha value is -0.430.